The van der Waals surface area contributed by atoms with Gasteiger partial charge in [0.25, 0.3) is 0 Å². The van der Waals surface area contributed by atoms with Gasteiger partial charge in [-0.3, -0.25) is 4.79 Å². The Morgan fingerprint density at radius 1 is 1.37 bits per heavy atom. The quantitative estimate of drug-likeness (QED) is 0.666. The second kappa shape index (κ2) is 6.56. The number of thioether (sulfide) groups is 1. The van der Waals surface area contributed by atoms with E-state index in [1.54, 1.807) is 17.5 Å². The summed E-state index contributed by atoms with van der Waals surface area (Å²) >= 11 is 14.7. The zero-order valence-electron chi connectivity index (χ0n) is 9.47. The maximum Gasteiger partial charge on any atom is 0.309 e. The predicted molar refractivity (Wildman–Crippen MR) is 77.3 cm³/mol. The van der Waals surface area contributed by atoms with Gasteiger partial charge in [0.1, 0.15) is 5.15 Å². The molecule has 0 aliphatic heterocycles. The van der Waals surface area contributed by atoms with E-state index in [-0.39, 0.29) is 6.42 Å². The number of nitrogens with zero attached hydrogens (tertiary/aromatic N) is 2. The van der Waals surface area contributed by atoms with Crippen LogP contribution in [0.4, 0.5) is 0 Å². The minimum atomic E-state index is -0.888. The summed E-state index contributed by atoms with van der Waals surface area (Å²) in [5.74, 6) is -0.347. The van der Waals surface area contributed by atoms with Crippen LogP contribution in [0.25, 0.3) is 0 Å². The molecule has 8 heteroatoms. The third kappa shape index (κ3) is 4.35. The number of aromatic nitrogens is 2. The van der Waals surface area contributed by atoms with Crippen molar-refractivity contribution in [2.45, 2.75) is 16.5 Å². The van der Waals surface area contributed by atoms with Crippen molar-refractivity contribution in [1.29, 1.82) is 0 Å². The Morgan fingerprint density at radius 3 is 2.89 bits per heavy atom. The Hall–Kier alpha value is -0.820. The van der Waals surface area contributed by atoms with Gasteiger partial charge in [-0.05, 0) is 12.1 Å². The van der Waals surface area contributed by atoms with Gasteiger partial charge >= 0.3 is 5.97 Å². The summed E-state index contributed by atoms with van der Waals surface area (Å²) in [5, 5.41) is 11.4. The van der Waals surface area contributed by atoms with E-state index in [9.17, 15) is 4.79 Å². The topological polar surface area (TPSA) is 63.1 Å². The van der Waals surface area contributed by atoms with E-state index in [1.165, 1.54) is 23.1 Å². The van der Waals surface area contributed by atoms with Gasteiger partial charge in [-0.2, -0.15) is 0 Å². The van der Waals surface area contributed by atoms with Gasteiger partial charge in [0.2, 0.25) is 0 Å². The number of rotatable bonds is 5. The van der Waals surface area contributed by atoms with Crippen LogP contribution in [-0.4, -0.2) is 21.0 Å². The number of thiazole rings is 1. The highest BCUT2D eigenvalue weighted by Gasteiger charge is 2.09. The molecule has 19 heavy (non-hydrogen) atoms. The lowest BCUT2D eigenvalue weighted by atomic mass is 10.3. The fourth-order valence-electron chi connectivity index (χ4n) is 1.28. The van der Waals surface area contributed by atoms with Crippen molar-refractivity contribution < 1.29 is 9.90 Å². The van der Waals surface area contributed by atoms with Gasteiger partial charge < -0.3 is 5.11 Å². The van der Waals surface area contributed by atoms with E-state index in [2.05, 4.69) is 9.97 Å². The van der Waals surface area contributed by atoms with Crippen LogP contribution in [0.15, 0.2) is 21.9 Å². The highest BCUT2D eigenvalue weighted by Crippen LogP contribution is 2.28. The van der Waals surface area contributed by atoms with Gasteiger partial charge in [-0.15, -0.1) is 11.3 Å². The average Bonchev–Trinajstić information content (AvgIpc) is 2.77. The molecular formula is C11H8Cl2N2O2S2. The van der Waals surface area contributed by atoms with Crippen LogP contribution in [-0.2, 0) is 17.0 Å². The van der Waals surface area contributed by atoms with Crippen LogP contribution < -0.4 is 0 Å². The minimum Gasteiger partial charge on any atom is -0.481 e. The zero-order chi connectivity index (χ0) is 13.8. The Bertz CT molecular complexity index is 604. The molecule has 0 fully saturated rings. The lowest BCUT2D eigenvalue weighted by Gasteiger charge is -2.01. The van der Waals surface area contributed by atoms with Gasteiger partial charge in [0, 0.05) is 11.1 Å². The largest absolute Gasteiger partial charge is 0.481 e. The fourth-order valence-corrected chi connectivity index (χ4v) is 3.49. The predicted octanol–water partition coefficient (Wildman–Crippen LogP) is 3.76. The van der Waals surface area contributed by atoms with E-state index in [0.29, 0.717) is 27.3 Å². The second-order valence-corrected chi connectivity index (χ2v) is 6.40. The highest BCUT2D eigenvalue weighted by molar-refractivity contribution is 8.00. The van der Waals surface area contributed by atoms with E-state index < -0.39 is 5.97 Å². The van der Waals surface area contributed by atoms with Crippen LogP contribution in [0.5, 0.6) is 0 Å². The van der Waals surface area contributed by atoms with Crippen LogP contribution in [0, 0.1) is 0 Å². The molecule has 2 heterocycles. The normalized spacial score (nSPS) is 10.6. The first-order valence-corrected chi connectivity index (χ1v) is 7.76. The molecule has 0 aromatic carbocycles. The zero-order valence-corrected chi connectivity index (χ0v) is 12.6. The molecule has 1 N–H and O–H groups in total. The molecule has 0 aliphatic rings. The lowest BCUT2D eigenvalue weighted by Crippen LogP contribution is -1.99. The third-order valence-corrected chi connectivity index (χ3v) is 4.72. The summed E-state index contributed by atoms with van der Waals surface area (Å²) in [6.07, 6.45) is -0.0623. The van der Waals surface area contributed by atoms with Gasteiger partial charge in [-0.1, -0.05) is 35.0 Å². The minimum absolute atomic E-state index is 0.0623. The summed E-state index contributed by atoms with van der Waals surface area (Å²) in [7, 11) is 0. The first-order valence-electron chi connectivity index (χ1n) is 5.14. The van der Waals surface area contributed by atoms with Gasteiger partial charge in [0.15, 0.2) is 4.34 Å². The van der Waals surface area contributed by atoms with Crippen molar-refractivity contribution in [3.8, 4) is 0 Å². The van der Waals surface area contributed by atoms with Crippen LogP contribution in [0.2, 0.25) is 10.2 Å². The average molecular weight is 335 g/mol. The molecule has 0 saturated carbocycles. The molecule has 0 spiro atoms. The molecule has 2 rings (SSSR count). The van der Waals surface area contributed by atoms with Crippen molar-refractivity contribution >= 4 is 52.3 Å². The van der Waals surface area contributed by atoms with Crippen LogP contribution >= 0.6 is 46.3 Å². The van der Waals surface area contributed by atoms with Gasteiger partial charge in [0.05, 0.1) is 22.8 Å². The number of hydrogen-bond acceptors (Lipinski definition) is 5. The Balaban J connectivity index is 2.00. The van der Waals surface area contributed by atoms with E-state index in [4.69, 9.17) is 28.3 Å². The van der Waals surface area contributed by atoms with E-state index in [1.807, 2.05) is 0 Å². The molecule has 0 amide bonds. The molecule has 100 valence electrons. The van der Waals surface area contributed by atoms with Gasteiger partial charge in [-0.25, -0.2) is 9.97 Å². The molecule has 4 nitrogen and oxygen atoms in total. The molecule has 0 atom stereocenters. The molecule has 0 aliphatic carbocycles. The SMILES string of the molecule is O=C(O)Cc1csc(SCc2nc(Cl)ccc2Cl)n1. The van der Waals surface area contributed by atoms with Crippen molar-refractivity contribution in [1.82, 2.24) is 9.97 Å². The van der Waals surface area contributed by atoms with E-state index in [0.717, 1.165) is 4.34 Å². The molecular weight excluding hydrogens is 327 g/mol. The Morgan fingerprint density at radius 2 is 2.16 bits per heavy atom. The summed E-state index contributed by atoms with van der Waals surface area (Å²) in [6, 6.07) is 3.33. The Labute approximate surface area is 127 Å². The maximum absolute atomic E-state index is 10.6. The number of carboxylic acid groups (broad SMARTS) is 1. The molecule has 0 radical (unpaired) electrons. The van der Waals surface area contributed by atoms with E-state index >= 15 is 0 Å². The summed E-state index contributed by atoms with van der Waals surface area (Å²) < 4.78 is 0.786. The van der Waals surface area contributed by atoms with Crippen molar-refractivity contribution in [2.75, 3.05) is 0 Å². The first-order chi connectivity index (χ1) is 9.04. The smallest absolute Gasteiger partial charge is 0.309 e. The number of pyridine rings is 1. The summed E-state index contributed by atoms with van der Waals surface area (Å²) in [5.41, 5.74) is 1.25. The first kappa shape index (κ1) is 14.6. The molecule has 0 bridgehead atoms. The number of carbonyl (C=O) groups is 1. The van der Waals surface area contributed by atoms with Crippen molar-refractivity contribution in [3.63, 3.8) is 0 Å². The molecule has 0 unspecified atom stereocenters. The standard InChI is InChI=1S/C11H8Cl2N2O2S2/c12-7-1-2-9(13)15-8(7)5-19-11-14-6(4-18-11)3-10(16)17/h1-2,4H,3,5H2,(H,16,17). The van der Waals surface area contributed by atoms with Crippen LogP contribution in [0.1, 0.15) is 11.4 Å². The Kier molecular flexibility index (Phi) is 5.04. The number of halogens is 2. The second-order valence-electron chi connectivity index (χ2n) is 3.53. The summed E-state index contributed by atoms with van der Waals surface area (Å²) in [4.78, 5) is 18.9. The molecule has 2 aromatic rings. The number of aliphatic carboxylic acids is 1. The fraction of sp³-hybridized carbons (Fsp3) is 0.182. The molecule has 2 aromatic heterocycles. The summed E-state index contributed by atoms with van der Waals surface area (Å²) in [6.45, 7) is 0. The molecule has 0 saturated heterocycles. The van der Waals surface area contributed by atoms with Crippen LogP contribution in [0.3, 0.4) is 0 Å². The number of hydrogen-bond donors (Lipinski definition) is 1. The van der Waals surface area contributed by atoms with Crippen molar-refractivity contribution in [2.24, 2.45) is 0 Å². The number of carboxylic acids is 1. The monoisotopic (exact) mass is 334 g/mol. The van der Waals surface area contributed by atoms with Crippen molar-refractivity contribution in [3.05, 3.63) is 39.1 Å². The highest BCUT2D eigenvalue weighted by atomic mass is 35.5. The third-order valence-electron chi connectivity index (χ3n) is 2.08. The maximum atomic E-state index is 10.6. The lowest BCUT2D eigenvalue weighted by molar-refractivity contribution is -0.136.